The first-order valence-corrected chi connectivity index (χ1v) is 2.70. The van der Waals surface area contributed by atoms with Gasteiger partial charge in [-0.3, -0.25) is 0 Å². The van der Waals surface area contributed by atoms with Gasteiger partial charge in [-0.15, -0.1) is 0 Å². The van der Waals surface area contributed by atoms with Crippen molar-refractivity contribution in [2.45, 2.75) is 6.92 Å². The van der Waals surface area contributed by atoms with E-state index in [1.807, 2.05) is 13.1 Å². The smallest absolute Gasteiger partial charge is 0.0995 e. The van der Waals surface area contributed by atoms with Crippen molar-refractivity contribution < 1.29 is 0 Å². The molecule has 0 fully saturated rings. The van der Waals surface area contributed by atoms with Crippen LogP contribution in [0.15, 0.2) is 18.7 Å². The van der Waals surface area contributed by atoms with Crippen LogP contribution >= 0.6 is 12.2 Å². The van der Waals surface area contributed by atoms with E-state index in [-0.39, 0.29) is 0 Å². The molecule has 0 bridgehead atoms. The number of nitrogens with zero attached hydrogens (tertiary/aromatic N) is 2. The lowest BCUT2D eigenvalue weighted by Gasteiger charge is -1.91. The maximum atomic E-state index is 4.84. The maximum Gasteiger partial charge on any atom is 0.0995 e. The third-order valence-corrected chi connectivity index (χ3v) is 1.08. The molecule has 0 aliphatic rings. The quantitative estimate of drug-likeness (QED) is 0.484. The molecule has 1 aromatic heterocycles. The predicted octanol–water partition coefficient (Wildman–Crippen LogP) is 1.08. The van der Waals surface area contributed by atoms with E-state index in [4.69, 9.17) is 12.2 Å². The Morgan fingerprint density at radius 1 is 1.75 bits per heavy atom. The molecule has 0 spiro atoms. The molecule has 42 valence electrons. The van der Waals surface area contributed by atoms with Gasteiger partial charge in [-0.25, -0.2) is 4.98 Å². The Hall–Kier alpha value is -0.700. The van der Waals surface area contributed by atoms with E-state index >= 15 is 0 Å². The largest absolute Gasteiger partial charge is 0.301 e. The van der Waals surface area contributed by atoms with Crippen LogP contribution in [0, 0.1) is 0 Å². The number of hydrogen-bond donors (Lipinski definition) is 0. The van der Waals surface area contributed by atoms with Crippen LogP contribution in [0.2, 0.25) is 0 Å². The average Bonchev–Trinajstić information content (AvgIpc) is 2.12. The first kappa shape index (κ1) is 5.44. The van der Waals surface area contributed by atoms with E-state index in [1.54, 1.807) is 17.1 Å². The summed E-state index contributed by atoms with van der Waals surface area (Å²) in [5.74, 6) is 0. The van der Waals surface area contributed by atoms with Gasteiger partial charge in [0.2, 0.25) is 0 Å². The van der Waals surface area contributed by atoms with Gasteiger partial charge < -0.3 is 4.57 Å². The molecule has 0 aliphatic heterocycles. The van der Waals surface area contributed by atoms with Gasteiger partial charge in [0.05, 0.1) is 11.3 Å². The minimum Gasteiger partial charge on any atom is -0.301 e. The molecule has 1 heterocycles. The van der Waals surface area contributed by atoms with E-state index in [2.05, 4.69) is 4.98 Å². The Bertz CT molecular complexity index is 178. The first-order chi connectivity index (χ1) is 3.80. The fraction of sp³-hybridized carbons (Fsp3) is 0.200. The van der Waals surface area contributed by atoms with Crippen molar-refractivity contribution in [3.8, 4) is 0 Å². The van der Waals surface area contributed by atoms with Crippen molar-refractivity contribution in [2.75, 3.05) is 0 Å². The summed E-state index contributed by atoms with van der Waals surface area (Å²) in [6, 6.07) is 0. The second-order valence-corrected chi connectivity index (χ2v) is 2.08. The third kappa shape index (κ3) is 0.924. The molecular formula is C5H6N2S. The van der Waals surface area contributed by atoms with E-state index in [1.165, 1.54) is 0 Å². The first-order valence-electron chi connectivity index (χ1n) is 2.29. The zero-order valence-electron chi connectivity index (χ0n) is 4.53. The number of thiocarbonyl (C=S) groups is 1. The van der Waals surface area contributed by atoms with Gasteiger partial charge in [0, 0.05) is 12.4 Å². The Kier molecular flexibility index (Phi) is 1.39. The lowest BCUT2D eigenvalue weighted by Crippen LogP contribution is -1.98. The fourth-order valence-electron chi connectivity index (χ4n) is 0.445. The SMILES string of the molecule is CC(=S)n1ccnc1. The second kappa shape index (κ2) is 2.05. The summed E-state index contributed by atoms with van der Waals surface area (Å²) in [4.78, 5) is 4.64. The van der Waals surface area contributed by atoms with Crippen molar-refractivity contribution in [1.82, 2.24) is 9.55 Å². The van der Waals surface area contributed by atoms with Crippen LogP contribution in [0.1, 0.15) is 6.92 Å². The molecule has 0 aromatic carbocycles. The maximum absolute atomic E-state index is 4.84. The second-order valence-electron chi connectivity index (χ2n) is 1.49. The Morgan fingerprint density at radius 2 is 2.50 bits per heavy atom. The van der Waals surface area contributed by atoms with Crippen LogP contribution in [0.4, 0.5) is 0 Å². The number of hydrogen-bond acceptors (Lipinski definition) is 2. The van der Waals surface area contributed by atoms with Crippen molar-refractivity contribution in [1.29, 1.82) is 0 Å². The highest BCUT2D eigenvalue weighted by atomic mass is 32.1. The number of imidazole rings is 1. The summed E-state index contributed by atoms with van der Waals surface area (Å²) in [6.45, 7) is 1.86. The topological polar surface area (TPSA) is 17.8 Å². The highest BCUT2D eigenvalue weighted by Crippen LogP contribution is 1.84. The molecular weight excluding hydrogens is 120 g/mol. The summed E-state index contributed by atoms with van der Waals surface area (Å²) < 4.78 is 1.79. The van der Waals surface area contributed by atoms with Gasteiger partial charge in [0.25, 0.3) is 0 Å². The minimum absolute atomic E-state index is 0.822. The lowest BCUT2D eigenvalue weighted by atomic mass is 10.7. The summed E-state index contributed by atoms with van der Waals surface area (Å²) >= 11 is 4.84. The third-order valence-electron chi connectivity index (χ3n) is 0.868. The summed E-state index contributed by atoms with van der Waals surface area (Å²) in [7, 11) is 0. The number of aromatic nitrogens is 2. The molecule has 1 aromatic rings. The van der Waals surface area contributed by atoms with Gasteiger partial charge in [-0.1, -0.05) is 12.2 Å². The molecule has 1 rings (SSSR count). The molecule has 0 saturated heterocycles. The van der Waals surface area contributed by atoms with E-state index in [0.717, 1.165) is 4.99 Å². The molecule has 8 heavy (non-hydrogen) atoms. The Balaban J connectivity index is 2.93. The average molecular weight is 126 g/mol. The Morgan fingerprint density at radius 3 is 2.75 bits per heavy atom. The van der Waals surface area contributed by atoms with Gasteiger partial charge in [0.15, 0.2) is 0 Å². The predicted molar refractivity (Wildman–Crippen MR) is 35.9 cm³/mol. The summed E-state index contributed by atoms with van der Waals surface area (Å²) in [5, 5.41) is 0. The van der Waals surface area contributed by atoms with Gasteiger partial charge in [-0.05, 0) is 6.92 Å². The molecule has 0 N–H and O–H groups in total. The van der Waals surface area contributed by atoms with Crippen molar-refractivity contribution in [2.24, 2.45) is 0 Å². The molecule has 0 unspecified atom stereocenters. The van der Waals surface area contributed by atoms with Crippen LogP contribution < -0.4 is 0 Å². The summed E-state index contributed by atoms with van der Waals surface area (Å²) in [5.41, 5.74) is 0. The zero-order chi connectivity index (χ0) is 5.98. The van der Waals surface area contributed by atoms with Gasteiger partial charge >= 0.3 is 0 Å². The highest BCUT2D eigenvalue weighted by Gasteiger charge is 1.85. The lowest BCUT2D eigenvalue weighted by molar-refractivity contribution is 1.15. The van der Waals surface area contributed by atoms with Crippen LogP contribution in [0.3, 0.4) is 0 Å². The van der Waals surface area contributed by atoms with Crippen molar-refractivity contribution >= 4 is 17.2 Å². The zero-order valence-corrected chi connectivity index (χ0v) is 5.35. The fourth-order valence-corrected chi connectivity index (χ4v) is 0.553. The Labute approximate surface area is 53.2 Å². The summed E-state index contributed by atoms with van der Waals surface area (Å²) in [6.07, 6.45) is 5.21. The molecule has 3 heteroatoms. The molecule has 0 aliphatic carbocycles. The van der Waals surface area contributed by atoms with Crippen LogP contribution in [0.25, 0.3) is 0 Å². The molecule has 0 radical (unpaired) electrons. The van der Waals surface area contributed by atoms with Crippen LogP contribution in [0.5, 0.6) is 0 Å². The monoisotopic (exact) mass is 126 g/mol. The van der Waals surface area contributed by atoms with Crippen LogP contribution in [-0.2, 0) is 0 Å². The molecule has 0 saturated carbocycles. The van der Waals surface area contributed by atoms with E-state index in [9.17, 15) is 0 Å². The van der Waals surface area contributed by atoms with Crippen LogP contribution in [-0.4, -0.2) is 14.5 Å². The highest BCUT2D eigenvalue weighted by molar-refractivity contribution is 7.80. The molecule has 0 amide bonds. The minimum atomic E-state index is 0.822. The molecule has 2 nitrogen and oxygen atoms in total. The number of rotatable bonds is 0. The van der Waals surface area contributed by atoms with E-state index in [0.29, 0.717) is 0 Å². The molecule has 0 atom stereocenters. The van der Waals surface area contributed by atoms with E-state index < -0.39 is 0 Å². The standard InChI is InChI=1S/C5H6N2S/c1-5(8)7-3-2-6-4-7/h2-4H,1H3. The van der Waals surface area contributed by atoms with Crippen molar-refractivity contribution in [3.05, 3.63) is 18.7 Å². The normalized spacial score (nSPS) is 9.12. The van der Waals surface area contributed by atoms with Crippen molar-refractivity contribution in [3.63, 3.8) is 0 Å². The van der Waals surface area contributed by atoms with Gasteiger partial charge in [-0.2, -0.15) is 0 Å². The van der Waals surface area contributed by atoms with Gasteiger partial charge in [0.1, 0.15) is 0 Å².